The fourth-order valence-corrected chi connectivity index (χ4v) is 0.194. The summed E-state index contributed by atoms with van der Waals surface area (Å²) in [5.74, 6) is 0. The van der Waals surface area contributed by atoms with Gasteiger partial charge in [-0.05, 0) is 19.1 Å². The van der Waals surface area contributed by atoms with Crippen molar-refractivity contribution >= 4 is 23.5 Å². The fraction of sp³-hybridized carbons (Fsp3) is 0.500. The quantitative estimate of drug-likeness (QED) is 0.327. The van der Waals surface area contributed by atoms with Crippen molar-refractivity contribution in [2.45, 2.75) is 6.92 Å². The Kier molecular flexibility index (Phi) is 20.9. The maximum absolute atomic E-state index is 8.35. The summed E-state index contributed by atoms with van der Waals surface area (Å²) in [4.78, 5) is 11.9. The second kappa shape index (κ2) is 16.4. The van der Waals surface area contributed by atoms with Crippen molar-refractivity contribution in [2.24, 2.45) is 4.99 Å². The highest BCUT2D eigenvalue weighted by Gasteiger charge is 1.49. The number of nitrogens with zero attached hydrogens (tertiary/aromatic N) is 1. The minimum atomic E-state index is 0.750. The Labute approximate surface area is 52.9 Å². The van der Waals surface area contributed by atoms with Gasteiger partial charge in [0.1, 0.15) is 0 Å². The zero-order chi connectivity index (χ0) is 6.83. The molecular weight excluding hydrogens is 124 g/mol. The lowest BCUT2D eigenvalue weighted by atomic mass is 10.8. The van der Waals surface area contributed by atoms with E-state index in [1.807, 2.05) is 6.92 Å². The van der Waals surface area contributed by atoms with Crippen LogP contribution >= 0.6 is 12.2 Å². The normalized spacial score (nSPS) is 4.62. The number of aliphatic imine (C=N–C) groups is 1. The predicted octanol–water partition coefficient (Wildman–Crippen LogP) is 1.01. The highest BCUT2D eigenvalue weighted by Crippen LogP contribution is 1.55. The van der Waals surface area contributed by atoms with Crippen LogP contribution in [0.3, 0.4) is 0 Å². The molecule has 1 N–H and O–H groups in total. The highest BCUT2D eigenvalue weighted by atomic mass is 32.1. The molecule has 44 valence electrons. The molecule has 0 aromatic carbocycles. The summed E-state index contributed by atoms with van der Waals surface area (Å²) in [5, 5.41) is 7.63. The Balaban J connectivity index is 0. The van der Waals surface area contributed by atoms with Crippen molar-refractivity contribution in [2.75, 3.05) is 6.54 Å². The van der Waals surface area contributed by atoms with Gasteiger partial charge in [-0.3, -0.25) is 0 Å². The number of thiocarbonyl (C=S) groups is 1. The zero-order valence-corrected chi connectivity index (χ0v) is 5.29. The molecule has 0 heterocycles. The number of nitrogens with one attached hydrogen (secondary N) is 1. The van der Waals surface area contributed by atoms with E-state index in [1.165, 1.54) is 0 Å². The number of carbonyl (C=O) groups excluding carboxylic acids is 1. The van der Waals surface area contributed by atoms with Crippen LogP contribution in [0.1, 0.15) is 6.92 Å². The lowest BCUT2D eigenvalue weighted by molar-refractivity contribution is 0.563. The SMILES string of the molecule is CCN=C=S.N=C=O. The molecule has 0 saturated heterocycles. The second-order valence-electron chi connectivity index (χ2n) is 0.668. The van der Waals surface area contributed by atoms with Gasteiger partial charge in [-0.2, -0.15) is 0 Å². The van der Waals surface area contributed by atoms with Gasteiger partial charge in [0.05, 0.1) is 5.16 Å². The third kappa shape index (κ3) is 65.0. The lowest BCUT2D eigenvalue weighted by Gasteiger charge is -1.60. The molecule has 0 aliphatic carbocycles. The van der Waals surface area contributed by atoms with E-state index in [1.54, 1.807) is 0 Å². The molecule has 0 radical (unpaired) electrons. The summed E-state index contributed by atoms with van der Waals surface area (Å²) < 4.78 is 0. The Hall–Kier alpha value is -0.820. The Morgan fingerprint density at radius 3 is 2.25 bits per heavy atom. The molecule has 4 heteroatoms. The molecule has 0 aromatic heterocycles. The summed E-state index contributed by atoms with van der Waals surface area (Å²) >= 11 is 4.23. The standard InChI is InChI=1S/C3H5NS.CHNO/c1-2-4-3-5;2-1-3/h2H2,1H3;2H. The average molecular weight is 130 g/mol. The van der Waals surface area contributed by atoms with Crippen molar-refractivity contribution in [1.82, 2.24) is 0 Å². The molecule has 3 nitrogen and oxygen atoms in total. The van der Waals surface area contributed by atoms with Gasteiger partial charge in [0, 0.05) is 6.54 Å². The maximum Gasteiger partial charge on any atom is 0.231 e. The molecule has 0 amide bonds. The molecular formula is C4H6N2OS. The molecule has 0 aliphatic rings. The van der Waals surface area contributed by atoms with Crippen LogP contribution in [0.15, 0.2) is 4.99 Å². The van der Waals surface area contributed by atoms with Crippen LogP contribution in [0.2, 0.25) is 0 Å². The van der Waals surface area contributed by atoms with Gasteiger partial charge in [-0.15, -0.1) is 0 Å². The molecule has 0 fully saturated rings. The van der Waals surface area contributed by atoms with Crippen LogP contribution in [0.4, 0.5) is 0 Å². The van der Waals surface area contributed by atoms with Crippen LogP contribution < -0.4 is 0 Å². The smallest absolute Gasteiger partial charge is 0.231 e. The van der Waals surface area contributed by atoms with E-state index in [4.69, 9.17) is 10.2 Å². The summed E-state index contributed by atoms with van der Waals surface area (Å²) in [5.41, 5.74) is 0. The third-order valence-electron chi connectivity index (χ3n) is 0.223. The third-order valence-corrected chi connectivity index (χ3v) is 0.352. The van der Waals surface area contributed by atoms with Gasteiger partial charge in [0.15, 0.2) is 0 Å². The molecule has 0 aromatic rings. The van der Waals surface area contributed by atoms with E-state index < -0.39 is 0 Å². The Bertz CT molecular complexity index is 111. The van der Waals surface area contributed by atoms with Crippen molar-refractivity contribution < 1.29 is 4.79 Å². The number of isocyanates is 1. The van der Waals surface area contributed by atoms with Crippen LogP contribution in [0.5, 0.6) is 0 Å². The molecule has 0 saturated carbocycles. The molecule has 8 heavy (non-hydrogen) atoms. The van der Waals surface area contributed by atoms with Gasteiger partial charge in [-0.1, -0.05) is 0 Å². The summed E-state index contributed by atoms with van der Waals surface area (Å²) in [6.45, 7) is 2.67. The molecule has 0 aliphatic heterocycles. The van der Waals surface area contributed by atoms with Crippen molar-refractivity contribution in [3.63, 3.8) is 0 Å². The average Bonchev–Trinajstić information content (AvgIpc) is 1.71. The first-order valence-corrected chi connectivity index (χ1v) is 2.31. The van der Waals surface area contributed by atoms with Crippen LogP contribution in [0.25, 0.3) is 0 Å². The largest absolute Gasteiger partial charge is 0.233 e. The second-order valence-corrected chi connectivity index (χ2v) is 0.850. The minimum absolute atomic E-state index is 0.750. The van der Waals surface area contributed by atoms with Crippen LogP contribution in [0, 0.1) is 5.41 Å². The zero-order valence-electron chi connectivity index (χ0n) is 4.47. The maximum atomic E-state index is 8.35. The summed E-state index contributed by atoms with van der Waals surface area (Å²) in [6, 6.07) is 0. The number of hydrogen-bond donors (Lipinski definition) is 1. The Morgan fingerprint density at radius 1 is 1.88 bits per heavy atom. The van der Waals surface area contributed by atoms with Gasteiger partial charge in [0.25, 0.3) is 0 Å². The van der Waals surface area contributed by atoms with Crippen molar-refractivity contribution in [1.29, 1.82) is 5.41 Å². The van der Waals surface area contributed by atoms with Crippen molar-refractivity contribution in [3.8, 4) is 0 Å². The van der Waals surface area contributed by atoms with E-state index >= 15 is 0 Å². The van der Waals surface area contributed by atoms with E-state index in [9.17, 15) is 0 Å². The van der Waals surface area contributed by atoms with E-state index in [-0.39, 0.29) is 0 Å². The summed E-state index contributed by atoms with van der Waals surface area (Å²) in [6.07, 6.45) is 0.750. The molecule has 0 unspecified atom stereocenters. The lowest BCUT2D eigenvalue weighted by Crippen LogP contribution is -1.57. The van der Waals surface area contributed by atoms with E-state index in [2.05, 4.69) is 22.4 Å². The monoisotopic (exact) mass is 130 g/mol. The first-order valence-electron chi connectivity index (χ1n) is 1.91. The molecule has 0 bridgehead atoms. The van der Waals surface area contributed by atoms with Gasteiger partial charge >= 0.3 is 0 Å². The van der Waals surface area contributed by atoms with Crippen molar-refractivity contribution in [3.05, 3.63) is 0 Å². The van der Waals surface area contributed by atoms with Crippen LogP contribution in [-0.4, -0.2) is 17.8 Å². The molecule has 0 spiro atoms. The topological polar surface area (TPSA) is 53.3 Å². The first-order chi connectivity index (χ1) is 3.83. The van der Waals surface area contributed by atoms with E-state index in [0.29, 0.717) is 0 Å². The van der Waals surface area contributed by atoms with Crippen LogP contribution in [-0.2, 0) is 4.79 Å². The van der Waals surface area contributed by atoms with Gasteiger partial charge in [-0.25, -0.2) is 15.2 Å². The molecule has 0 atom stereocenters. The fourth-order valence-electron chi connectivity index (χ4n) is 0.0645. The summed E-state index contributed by atoms with van der Waals surface area (Å²) in [7, 11) is 0. The number of isothiocyanates is 1. The van der Waals surface area contributed by atoms with Gasteiger partial charge < -0.3 is 0 Å². The van der Waals surface area contributed by atoms with Gasteiger partial charge in [0.2, 0.25) is 6.08 Å². The predicted molar refractivity (Wildman–Crippen MR) is 34.0 cm³/mol. The molecule has 0 rings (SSSR count). The highest BCUT2D eigenvalue weighted by molar-refractivity contribution is 7.78. The Morgan fingerprint density at radius 2 is 2.25 bits per heavy atom. The number of hydrogen-bond acceptors (Lipinski definition) is 4. The minimum Gasteiger partial charge on any atom is -0.233 e. The van der Waals surface area contributed by atoms with E-state index in [0.717, 1.165) is 12.6 Å². The number of rotatable bonds is 1. The first kappa shape index (κ1) is 10.2.